The normalized spacial score (nSPS) is 45.8. The number of hydrogen-bond donors (Lipinski definition) is 3. The van der Waals surface area contributed by atoms with Gasteiger partial charge in [0.25, 0.3) is 0 Å². The number of hydrogen-bond acceptors (Lipinski definition) is 5. The molecule has 12 unspecified atom stereocenters. The van der Waals surface area contributed by atoms with Gasteiger partial charge in [-0.3, -0.25) is 15.5 Å². The van der Waals surface area contributed by atoms with Crippen molar-refractivity contribution in [2.45, 2.75) is 196 Å². The van der Waals surface area contributed by atoms with Crippen LogP contribution in [0, 0.1) is 47.3 Å². The highest BCUT2D eigenvalue weighted by atomic mass is 15.3. The Morgan fingerprint density at radius 1 is 0.654 bits per heavy atom. The second kappa shape index (κ2) is 15.3. The number of nitrogens with one attached hydrogen (secondary N) is 2. The molecule has 10 aliphatic rings. The number of fused-ring (bicyclic) bond motifs is 8. The van der Waals surface area contributed by atoms with Gasteiger partial charge in [0.2, 0.25) is 0 Å². The molecule has 4 N–H and O–H groups in total. The minimum Gasteiger partial charge on any atom is -0.368 e. The average Bonchev–Trinajstić information content (AvgIpc) is 3.89. The van der Waals surface area contributed by atoms with Crippen molar-refractivity contribution in [3.8, 4) is 0 Å². The zero-order valence-corrected chi connectivity index (χ0v) is 32.5. The van der Waals surface area contributed by atoms with Crippen LogP contribution in [-0.4, -0.2) is 58.4 Å². The van der Waals surface area contributed by atoms with E-state index in [1.165, 1.54) is 148 Å². The van der Waals surface area contributed by atoms with Crippen LogP contribution in [0.1, 0.15) is 148 Å². The van der Waals surface area contributed by atoms with E-state index in [2.05, 4.69) is 63.0 Å². The highest BCUT2D eigenvalue weighted by molar-refractivity contribution is 5.30. The Balaban J connectivity index is 0.866. The van der Waals surface area contributed by atoms with Crippen LogP contribution in [0.15, 0.2) is 48.2 Å². The Bertz CT molecular complexity index is 1350. The summed E-state index contributed by atoms with van der Waals surface area (Å²) in [5.41, 5.74) is 9.04. The molecule has 0 amide bonds. The molecule has 2 saturated heterocycles. The third-order valence-corrected chi connectivity index (χ3v) is 17.4. The number of nitrogens with two attached hydrogens (primary N) is 1. The van der Waals surface area contributed by atoms with Crippen LogP contribution in [-0.2, 0) is 0 Å². The highest BCUT2D eigenvalue weighted by Crippen LogP contribution is 2.61. The summed E-state index contributed by atoms with van der Waals surface area (Å²) in [6.07, 6.45) is 50.0. The fraction of sp³-hybridized carbons (Fsp3) is 0.830. The molecule has 10 rings (SSSR count). The fourth-order valence-corrected chi connectivity index (χ4v) is 15.1. The molecule has 0 aromatic rings. The molecule has 0 bridgehead atoms. The highest BCUT2D eigenvalue weighted by Gasteiger charge is 2.60. The van der Waals surface area contributed by atoms with E-state index < -0.39 is 0 Å². The monoisotopic (exact) mass is 708 g/mol. The molecule has 0 aromatic heterocycles. The van der Waals surface area contributed by atoms with Crippen LogP contribution in [0.4, 0.5) is 0 Å². The smallest absolute Gasteiger partial charge is 0.0650 e. The van der Waals surface area contributed by atoms with Gasteiger partial charge in [0.1, 0.15) is 0 Å². The van der Waals surface area contributed by atoms with E-state index in [1.54, 1.807) is 0 Å². The fourth-order valence-electron chi connectivity index (χ4n) is 15.1. The molecule has 8 aliphatic carbocycles. The van der Waals surface area contributed by atoms with Crippen molar-refractivity contribution < 1.29 is 0 Å². The Kier molecular flexibility index (Phi) is 10.3. The van der Waals surface area contributed by atoms with Gasteiger partial charge in [0.15, 0.2) is 0 Å². The van der Waals surface area contributed by atoms with Crippen LogP contribution < -0.4 is 16.4 Å². The molecular formula is C47H73N5. The van der Waals surface area contributed by atoms with Gasteiger partial charge in [-0.25, -0.2) is 0 Å². The van der Waals surface area contributed by atoms with E-state index in [-0.39, 0.29) is 6.17 Å². The molecule has 4 saturated carbocycles. The maximum absolute atomic E-state index is 7.19. The maximum atomic E-state index is 7.19. The molecule has 286 valence electrons. The van der Waals surface area contributed by atoms with Crippen LogP contribution in [0.3, 0.4) is 0 Å². The predicted octanol–water partition coefficient (Wildman–Crippen LogP) is 9.18. The van der Waals surface area contributed by atoms with Crippen molar-refractivity contribution in [3.05, 3.63) is 48.2 Å². The Labute approximate surface area is 317 Å². The molecule has 2 heterocycles. The minimum atomic E-state index is 0.0962. The van der Waals surface area contributed by atoms with Crippen molar-refractivity contribution in [2.75, 3.05) is 0 Å². The van der Waals surface area contributed by atoms with Crippen LogP contribution in [0.2, 0.25) is 0 Å². The van der Waals surface area contributed by atoms with Gasteiger partial charge < -0.3 is 10.6 Å². The van der Waals surface area contributed by atoms with E-state index in [1.807, 2.05) is 5.70 Å². The summed E-state index contributed by atoms with van der Waals surface area (Å²) in [4.78, 5) is 6.34. The molecule has 5 nitrogen and oxygen atoms in total. The van der Waals surface area contributed by atoms with Gasteiger partial charge in [0, 0.05) is 53.8 Å². The molecule has 13 atom stereocenters. The molecule has 52 heavy (non-hydrogen) atoms. The quantitative estimate of drug-likeness (QED) is 0.174. The zero-order chi connectivity index (χ0) is 34.6. The van der Waals surface area contributed by atoms with E-state index in [0.717, 1.165) is 59.7 Å². The molecule has 6 fully saturated rings. The average molecular weight is 708 g/mol. The van der Waals surface area contributed by atoms with Gasteiger partial charge in [-0.05, 0) is 164 Å². The molecule has 0 spiro atoms. The van der Waals surface area contributed by atoms with E-state index >= 15 is 0 Å². The van der Waals surface area contributed by atoms with Gasteiger partial charge >= 0.3 is 0 Å². The Morgan fingerprint density at radius 3 is 2.35 bits per heavy atom. The lowest BCUT2D eigenvalue weighted by Crippen LogP contribution is -2.59. The van der Waals surface area contributed by atoms with Gasteiger partial charge in [-0.1, -0.05) is 62.1 Å². The maximum Gasteiger partial charge on any atom is 0.0650 e. The second-order valence-corrected chi connectivity index (χ2v) is 19.9. The van der Waals surface area contributed by atoms with Crippen LogP contribution in [0.25, 0.3) is 0 Å². The lowest BCUT2D eigenvalue weighted by Gasteiger charge is -2.46. The van der Waals surface area contributed by atoms with Crippen molar-refractivity contribution >= 4 is 0 Å². The van der Waals surface area contributed by atoms with Crippen molar-refractivity contribution in [3.63, 3.8) is 0 Å². The van der Waals surface area contributed by atoms with E-state index in [4.69, 9.17) is 5.73 Å². The summed E-state index contributed by atoms with van der Waals surface area (Å²) in [7, 11) is 0. The zero-order valence-electron chi connectivity index (χ0n) is 32.5. The summed E-state index contributed by atoms with van der Waals surface area (Å²) in [5.74, 6) is 6.51. The van der Waals surface area contributed by atoms with E-state index in [9.17, 15) is 0 Å². The second-order valence-electron chi connectivity index (χ2n) is 19.9. The number of rotatable bonds is 8. The van der Waals surface area contributed by atoms with Crippen LogP contribution >= 0.6 is 0 Å². The Hall–Kier alpha value is -1.40. The van der Waals surface area contributed by atoms with Gasteiger partial charge in [0.05, 0.1) is 12.3 Å². The largest absolute Gasteiger partial charge is 0.368 e. The topological polar surface area (TPSA) is 56.6 Å². The van der Waals surface area contributed by atoms with Crippen molar-refractivity contribution in [1.82, 2.24) is 20.4 Å². The molecular weight excluding hydrogens is 635 g/mol. The third-order valence-electron chi connectivity index (χ3n) is 17.4. The minimum absolute atomic E-state index is 0.0962. The summed E-state index contributed by atoms with van der Waals surface area (Å²) in [5, 5.41) is 8.17. The lowest BCUT2D eigenvalue weighted by atomic mass is 9.60. The first-order valence-electron chi connectivity index (χ1n) is 23.2. The SMILES string of the molecule is NC(NC(NC1CCCCC1)C1C=CCCC1)C1CCC(N2C3C=C4C(CC3C3CCC[C@H]32)C2C3CCC=CC3CCC2N4C2CC=CCC2)CC1. The van der Waals surface area contributed by atoms with Gasteiger partial charge in [-0.2, -0.15) is 0 Å². The van der Waals surface area contributed by atoms with Crippen molar-refractivity contribution in [1.29, 1.82) is 0 Å². The molecule has 2 aliphatic heterocycles. The number of allylic oxidation sites excluding steroid dienone is 5. The standard InChI is InChI=1S/C47H73N5/c48-46(50-47(33-14-4-1-5-15-33)49-34-16-6-2-7-17-34)32-23-26-36(27-24-32)51-41-22-12-21-38(41)39-29-40-44(30-43(39)51)52(35-18-8-3-9-19-35)42-28-25-31-13-10-11-20-37(31)45(40)42/h3-4,8,10,13-14,30-43,45-47,49-50H,1-2,5-7,9,11-12,15-29,48H2/t31?,32?,33?,35?,36?,37?,38?,39?,40?,41-,42?,43?,45?,46?,47?/m1/s1. The first kappa shape index (κ1) is 35.0. The van der Waals surface area contributed by atoms with E-state index in [0.29, 0.717) is 30.1 Å². The first-order valence-corrected chi connectivity index (χ1v) is 23.2. The summed E-state index contributed by atoms with van der Waals surface area (Å²) in [6.45, 7) is 0. The van der Waals surface area contributed by atoms with Crippen molar-refractivity contribution in [2.24, 2.45) is 53.1 Å². The predicted molar refractivity (Wildman–Crippen MR) is 214 cm³/mol. The van der Waals surface area contributed by atoms with Gasteiger partial charge in [-0.15, -0.1) is 0 Å². The summed E-state index contributed by atoms with van der Waals surface area (Å²) < 4.78 is 0. The lowest BCUT2D eigenvalue weighted by molar-refractivity contribution is 0.0640. The molecule has 5 heteroatoms. The molecule has 0 aromatic carbocycles. The number of nitrogens with zero attached hydrogens (tertiary/aromatic N) is 2. The third kappa shape index (κ3) is 6.46. The summed E-state index contributed by atoms with van der Waals surface area (Å²) in [6, 6.07) is 4.46. The van der Waals surface area contributed by atoms with Crippen LogP contribution in [0.5, 0.6) is 0 Å². The Morgan fingerprint density at radius 2 is 1.52 bits per heavy atom. The number of likely N-dealkylation sites (tertiary alicyclic amines) is 2. The first-order chi connectivity index (χ1) is 25.7. The summed E-state index contributed by atoms with van der Waals surface area (Å²) >= 11 is 0. The molecule has 0 radical (unpaired) electrons.